The summed E-state index contributed by atoms with van der Waals surface area (Å²) in [5, 5.41) is 3.51. The lowest BCUT2D eigenvalue weighted by Gasteiger charge is -2.21. The second-order valence-corrected chi connectivity index (χ2v) is 5.13. The maximum absolute atomic E-state index is 6.04. The number of methoxy groups -OCH3 is 1. The predicted molar refractivity (Wildman–Crippen MR) is 86.5 cm³/mol. The Hall–Kier alpha value is -2.07. The van der Waals surface area contributed by atoms with Gasteiger partial charge in [-0.2, -0.15) is 0 Å². The molecule has 0 radical (unpaired) electrons. The Labute approximate surface area is 126 Å². The van der Waals surface area contributed by atoms with E-state index in [1.165, 1.54) is 5.56 Å². The van der Waals surface area contributed by atoms with Gasteiger partial charge in [0.25, 0.3) is 0 Å². The van der Waals surface area contributed by atoms with Crippen LogP contribution in [0.25, 0.3) is 0 Å². The summed E-state index contributed by atoms with van der Waals surface area (Å²) in [6.07, 6.45) is 4.33. The second kappa shape index (κ2) is 7.09. The van der Waals surface area contributed by atoms with Crippen molar-refractivity contribution in [3.05, 3.63) is 53.3 Å². The molecule has 0 spiro atoms. The highest BCUT2D eigenvalue weighted by Crippen LogP contribution is 2.29. The summed E-state index contributed by atoms with van der Waals surface area (Å²) < 4.78 is 5.53. The first-order valence-corrected chi connectivity index (χ1v) is 7.22. The summed E-state index contributed by atoms with van der Waals surface area (Å²) in [7, 11) is 1.71. The predicted octanol–water partition coefficient (Wildman–Crippen LogP) is 2.87. The number of nitrogens with two attached hydrogens (primary N) is 1. The molecule has 1 unspecified atom stereocenters. The number of hydrogen-bond donors (Lipinski definition) is 2. The van der Waals surface area contributed by atoms with E-state index in [2.05, 4.69) is 42.3 Å². The molecular weight excluding hydrogens is 262 g/mol. The Morgan fingerprint density at radius 2 is 2.14 bits per heavy atom. The van der Waals surface area contributed by atoms with Crippen molar-refractivity contribution in [3.8, 4) is 5.75 Å². The third-order valence-electron chi connectivity index (χ3n) is 3.58. The standard InChI is InChI=1S/C17H23N3O/c1-4-20-16(10-13-11-19-8-7-15(13)18)14-6-5-12(2)9-17(14)21-3/h5-9,11,16,20H,4,10H2,1-3H3,(H2,18,19). The molecule has 3 N–H and O–H groups in total. The molecule has 0 aliphatic rings. The topological polar surface area (TPSA) is 60.2 Å². The number of anilines is 1. The largest absolute Gasteiger partial charge is 0.496 e. The van der Waals surface area contributed by atoms with Crippen LogP contribution in [0.15, 0.2) is 36.7 Å². The summed E-state index contributed by atoms with van der Waals surface area (Å²) in [6.45, 7) is 5.04. The molecule has 0 bridgehead atoms. The first-order valence-electron chi connectivity index (χ1n) is 7.22. The molecule has 2 aromatic rings. The molecule has 4 nitrogen and oxygen atoms in total. The van der Waals surface area contributed by atoms with Crippen LogP contribution in [0.3, 0.4) is 0 Å². The van der Waals surface area contributed by atoms with Crippen LogP contribution in [0.4, 0.5) is 5.69 Å². The summed E-state index contributed by atoms with van der Waals surface area (Å²) >= 11 is 0. The number of rotatable bonds is 6. The SMILES string of the molecule is CCNC(Cc1cnccc1N)c1ccc(C)cc1OC. The van der Waals surface area contributed by atoms with Crippen molar-refractivity contribution >= 4 is 5.69 Å². The molecule has 4 heteroatoms. The van der Waals surface area contributed by atoms with E-state index < -0.39 is 0 Å². The van der Waals surface area contributed by atoms with E-state index in [0.29, 0.717) is 0 Å². The molecule has 1 aromatic heterocycles. The minimum Gasteiger partial charge on any atom is -0.496 e. The molecule has 1 heterocycles. The van der Waals surface area contributed by atoms with Crippen LogP contribution in [0, 0.1) is 6.92 Å². The van der Waals surface area contributed by atoms with Crippen LogP contribution >= 0.6 is 0 Å². The number of likely N-dealkylation sites (N-methyl/N-ethyl adjacent to an activating group) is 1. The quantitative estimate of drug-likeness (QED) is 0.857. The summed E-state index contributed by atoms with van der Waals surface area (Å²) in [5.74, 6) is 0.906. The maximum atomic E-state index is 6.04. The zero-order valence-electron chi connectivity index (χ0n) is 12.9. The van der Waals surface area contributed by atoms with E-state index in [1.807, 2.05) is 12.3 Å². The van der Waals surface area contributed by atoms with Crippen LogP contribution in [-0.4, -0.2) is 18.6 Å². The van der Waals surface area contributed by atoms with E-state index in [9.17, 15) is 0 Å². The lowest BCUT2D eigenvalue weighted by molar-refractivity contribution is 0.399. The Balaban J connectivity index is 2.33. The van der Waals surface area contributed by atoms with Gasteiger partial charge in [0.1, 0.15) is 5.75 Å². The second-order valence-electron chi connectivity index (χ2n) is 5.13. The van der Waals surface area contributed by atoms with Gasteiger partial charge in [-0.15, -0.1) is 0 Å². The Bertz CT molecular complexity index is 598. The molecule has 112 valence electrons. The highest BCUT2D eigenvalue weighted by molar-refractivity contribution is 5.46. The molecule has 2 rings (SSSR count). The average Bonchev–Trinajstić information content (AvgIpc) is 2.49. The number of ether oxygens (including phenoxy) is 1. The maximum Gasteiger partial charge on any atom is 0.123 e. The van der Waals surface area contributed by atoms with Gasteiger partial charge in [-0.1, -0.05) is 19.1 Å². The van der Waals surface area contributed by atoms with Crippen molar-refractivity contribution in [1.82, 2.24) is 10.3 Å². The van der Waals surface area contributed by atoms with Gasteiger partial charge in [0.2, 0.25) is 0 Å². The van der Waals surface area contributed by atoms with E-state index in [1.54, 1.807) is 13.3 Å². The van der Waals surface area contributed by atoms with Crippen LogP contribution in [0.1, 0.15) is 29.7 Å². The minimum atomic E-state index is 0.150. The Morgan fingerprint density at radius 1 is 1.33 bits per heavy atom. The Kier molecular flexibility index (Phi) is 5.17. The third kappa shape index (κ3) is 3.73. The number of nitrogens with zero attached hydrogens (tertiary/aromatic N) is 1. The summed E-state index contributed by atoms with van der Waals surface area (Å²) in [4.78, 5) is 4.17. The van der Waals surface area contributed by atoms with Gasteiger partial charge < -0.3 is 15.8 Å². The van der Waals surface area contributed by atoms with Crippen molar-refractivity contribution < 1.29 is 4.74 Å². The fourth-order valence-electron chi connectivity index (χ4n) is 2.47. The monoisotopic (exact) mass is 285 g/mol. The smallest absolute Gasteiger partial charge is 0.123 e. The zero-order valence-corrected chi connectivity index (χ0v) is 12.9. The molecule has 0 amide bonds. The minimum absolute atomic E-state index is 0.150. The Morgan fingerprint density at radius 3 is 2.81 bits per heavy atom. The fourth-order valence-corrected chi connectivity index (χ4v) is 2.47. The number of hydrogen-bond acceptors (Lipinski definition) is 4. The van der Waals surface area contributed by atoms with Gasteiger partial charge in [0, 0.05) is 29.7 Å². The van der Waals surface area contributed by atoms with E-state index >= 15 is 0 Å². The highest BCUT2D eigenvalue weighted by Gasteiger charge is 2.17. The van der Waals surface area contributed by atoms with Crippen molar-refractivity contribution in [2.45, 2.75) is 26.3 Å². The number of nitrogens with one attached hydrogen (secondary N) is 1. The number of nitrogen functional groups attached to an aromatic ring is 1. The van der Waals surface area contributed by atoms with Gasteiger partial charge in [-0.3, -0.25) is 4.98 Å². The first kappa shape index (κ1) is 15.3. The molecule has 1 atom stereocenters. The van der Waals surface area contributed by atoms with Gasteiger partial charge in [-0.25, -0.2) is 0 Å². The van der Waals surface area contributed by atoms with Crippen LogP contribution in [0.5, 0.6) is 5.75 Å². The summed E-state index contributed by atoms with van der Waals surface area (Å²) in [5.41, 5.74) is 10.2. The number of benzene rings is 1. The van der Waals surface area contributed by atoms with Crippen LogP contribution in [-0.2, 0) is 6.42 Å². The van der Waals surface area contributed by atoms with Gasteiger partial charge in [-0.05, 0) is 43.1 Å². The van der Waals surface area contributed by atoms with Gasteiger partial charge in [0.05, 0.1) is 7.11 Å². The molecular formula is C17H23N3O. The van der Waals surface area contributed by atoms with Crippen LogP contribution in [0.2, 0.25) is 0 Å². The van der Waals surface area contributed by atoms with E-state index in [-0.39, 0.29) is 6.04 Å². The first-order chi connectivity index (χ1) is 10.2. The molecule has 0 saturated carbocycles. The zero-order chi connectivity index (χ0) is 15.2. The lowest BCUT2D eigenvalue weighted by Crippen LogP contribution is -2.24. The molecule has 0 aliphatic heterocycles. The lowest BCUT2D eigenvalue weighted by atomic mass is 9.97. The highest BCUT2D eigenvalue weighted by atomic mass is 16.5. The molecule has 21 heavy (non-hydrogen) atoms. The fraction of sp³-hybridized carbons (Fsp3) is 0.353. The van der Waals surface area contributed by atoms with Crippen molar-refractivity contribution in [1.29, 1.82) is 0 Å². The van der Waals surface area contributed by atoms with Crippen molar-refractivity contribution in [2.24, 2.45) is 0 Å². The number of aromatic nitrogens is 1. The average molecular weight is 285 g/mol. The molecule has 0 fully saturated rings. The van der Waals surface area contributed by atoms with E-state index in [4.69, 9.17) is 10.5 Å². The third-order valence-corrected chi connectivity index (χ3v) is 3.58. The van der Waals surface area contributed by atoms with Crippen LogP contribution < -0.4 is 15.8 Å². The van der Waals surface area contributed by atoms with E-state index in [0.717, 1.165) is 35.5 Å². The van der Waals surface area contributed by atoms with Gasteiger partial charge >= 0.3 is 0 Å². The number of pyridine rings is 1. The van der Waals surface area contributed by atoms with Crippen molar-refractivity contribution in [3.63, 3.8) is 0 Å². The molecule has 0 saturated heterocycles. The molecule has 1 aromatic carbocycles. The normalized spacial score (nSPS) is 12.1. The van der Waals surface area contributed by atoms with Crippen molar-refractivity contribution in [2.75, 3.05) is 19.4 Å². The summed E-state index contributed by atoms with van der Waals surface area (Å²) in [6, 6.07) is 8.27. The van der Waals surface area contributed by atoms with Gasteiger partial charge in [0.15, 0.2) is 0 Å². The number of aryl methyl sites for hydroxylation is 1. The molecule has 0 aliphatic carbocycles.